The van der Waals surface area contributed by atoms with Gasteiger partial charge in [-0.2, -0.15) is 0 Å². The fourth-order valence-corrected chi connectivity index (χ4v) is 3.57. The lowest BCUT2D eigenvalue weighted by Gasteiger charge is -2.43. The molecule has 4 heteroatoms. The first-order valence-electron chi connectivity index (χ1n) is 6.70. The van der Waals surface area contributed by atoms with Crippen LogP contribution in [0.25, 0.3) is 0 Å². The molecular formula is C14H24N2OS. The molecule has 1 aliphatic rings. The zero-order chi connectivity index (χ0) is 13.2. The minimum absolute atomic E-state index is 0.0682. The third-order valence-electron chi connectivity index (χ3n) is 3.56. The second-order valence-corrected chi connectivity index (χ2v) is 6.59. The molecule has 0 radical (unpaired) electrons. The maximum Gasteiger partial charge on any atom is 0.0753 e. The first-order valence-corrected chi connectivity index (χ1v) is 7.58. The van der Waals surface area contributed by atoms with Crippen molar-refractivity contribution in [3.8, 4) is 0 Å². The maximum atomic E-state index is 6.35. The number of nitrogens with two attached hydrogens (primary N) is 1. The van der Waals surface area contributed by atoms with Gasteiger partial charge in [0, 0.05) is 24.0 Å². The van der Waals surface area contributed by atoms with Crippen LogP contribution < -0.4 is 5.73 Å². The highest BCUT2D eigenvalue weighted by molar-refractivity contribution is 7.10. The van der Waals surface area contributed by atoms with Gasteiger partial charge in [-0.05, 0) is 31.7 Å². The zero-order valence-electron chi connectivity index (χ0n) is 11.6. The van der Waals surface area contributed by atoms with Gasteiger partial charge in [0.25, 0.3) is 0 Å². The molecule has 1 aromatic rings. The van der Waals surface area contributed by atoms with Gasteiger partial charge in [0.2, 0.25) is 0 Å². The molecule has 2 N–H and O–H groups in total. The summed E-state index contributed by atoms with van der Waals surface area (Å²) >= 11 is 1.81. The average molecular weight is 268 g/mol. The smallest absolute Gasteiger partial charge is 0.0753 e. The predicted octanol–water partition coefficient (Wildman–Crippen LogP) is 2.64. The number of hydrogen-bond donors (Lipinski definition) is 1. The van der Waals surface area contributed by atoms with Crippen LogP contribution in [-0.4, -0.2) is 36.2 Å². The van der Waals surface area contributed by atoms with Crippen LogP contribution in [0.1, 0.15) is 38.1 Å². The molecule has 18 heavy (non-hydrogen) atoms. The van der Waals surface area contributed by atoms with Gasteiger partial charge in [0.05, 0.1) is 18.2 Å². The number of nitrogens with zero attached hydrogens (tertiary/aromatic N) is 1. The van der Waals surface area contributed by atoms with Crippen LogP contribution >= 0.6 is 11.3 Å². The van der Waals surface area contributed by atoms with E-state index in [0.29, 0.717) is 6.04 Å². The molecule has 1 aliphatic heterocycles. The molecule has 2 heterocycles. The summed E-state index contributed by atoms with van der Waals surface area (Å²) in [6.07, 6.45) is 1.00. The summed E-state index contributed by atoms with van der Waals surface area (Å²) in [6, 6.07) is 4.84. The Hall–Kier alpha value is -0.420. The van der Waals surface area contributed by atoms with E-state index in [1.54, 1.807) is 11.3 Å². The van der Waals surface area contributed by atoms with Crippen molar-refractivity contribution in [2.45, 2.75) is 44.9 Å². The Morgan fingerprint density at radius 3 is 2.89 bits per heavy atom. The first-order chi connectivity index (χ1) is 8.53. The van der Waals surface area contributed by atoms with Crippen molar-refractivity contribution in [2.24, 2.45) is 5.73 Å². The molecule has 0 amide bonds. The number of thiophene rings is 1. The zero-order valence-corrected chi connectivity index (χ0v) is 12.4. The van der Waals surface area contributed by atoms with Crippen LogP contribution in [0.15, 0.2) is 17.5 Å². The van der Waals surface area contributed by atoms with Gasteiger partial charge in [-0.25, -0.2) is 0 Å². The van der Waals surface area contributed by atoms with Crippen LogP contribution in [0.5, 0.6) is 0 Å². The van der Waals surface area contributed by atoms with E-state index in [-0.39, 0.29) is 11.6 Å². The van der Waals surface area contributed by atoms with E-state index < -0.39 is 0 Å². The Kier molecular flexibility index (Phi) is 4.43. The molecule has 1 fully saturated rings. The SMILES string of the molecule is CCC(N)C(c1cccs1)N1CCOC(C)(C)C1. The normalized spacial score (nSPS) is 23.8. The lowest BCUT2D eigenvalue weighted by atomic mass is 9.99. The van der Waals surface area contributed by atoms with Gasteiger partial charge in [-0.1, -0.05) is 13.0 Å². The van der Waals surface area contributed by atoms with Crippen molar-refractivity contribution in [2.75, 3.05) is 19.7 Å². The highest BCUT2D eigenvalue weighted by atomic mass is 32.1. The molecule has 1 aromatic heterocycles. The number of rotatable bonds is 4. The van der Waals surface area contributed by atoms with Gasteiger partial charge < -0.3 is 10.5 Å². The highest BCUT2D eigenvalue weighted by Crippen LogP contribution is 2.32. The van der Waals surface area contributed by atoms with Crippen molar-refractivity contribution >= 4 is 11.3 Å². The monoisotopic (exact) mass is 268 g/mol. The van der Waals surface area contributed by atoms with Crippen molar-refractivity contribution in [1.29, 1.82) is 0 Å². The third kappa shape index (κ3) is 3.12. The molecule has 102 valence electrons. The van der Waals surface area contributed by atoms with Crippen LogP contribution in [0, 0.1) is 0 Å². The summed E-state index contributed by atoms with van der Waals surface area (Å²) < 4.78 is 5.80. The third-order valence-corrected chi connectivity index (χ3v) is 4.50. The Morgan fingerprint density at radius 2 is 2.33 bits per heavy atom. The Balaban J connectivity index is 2.19. The summed E-state index contributed by atoms with van der Waals surface area (Å²) in [4.78, 5) is 3.87. The highest BCUT2D eigenvalue weighted by Gasteiger charge is 2.34. The fourth-order valence-electron chi connectivity index (χ4n) is 2.63. The summed E-state index contributed by atoms with van der Waals surface area (Å²) in [5.41, 5.74) is 6.28. The lowest BCUT2D eigenvalue weighted by Crippen LogP contribution is -2.52. The van der Waals surface area contributed by atoms with E-state index >= 15 is 0 Å². The van der Waals surface area contributed by atoms with Crippen LogP contribution in [0.3, 0.4) is 0 Å². The van der Waals surface area contributed by atoms with Gasteiger partial charge >= 0.3 is 0 Å². The van der Waals surface area contributed by atoms with E-state index in [0.717, 1.165) is 26.1 Å². The molecule has 1 saturated heterocycles. The topological polar surface area (TPSA) is 38.5 Å². The van der Waals surface area contributed by atoms with Crippen molar-refractivity contribution in [3.05, 3.63) is 22.4 Å². The minimum atomic E-state index is -0.0682. The van der Waals surface area contributed by atoms with Crippen molar-refractivity contribution in [1.82, 2.24) is 4.90 Å². The maximum absolute atomic E-state index is 6.35. The van der Waals surface area contributed by atoms with E-state index in [9.17, 15) is 0 Å². The molecule has 0 saturated carbocycles. The second-order valence-electron chi connectivity index (χ2n) is 5.61. The molecule has 0 aromatic carbocycles. The van der Waals surface area contributed by atoms with Crippen LogP contribution in [0.2, 0.25) is 0 Å². The number of morpholine rings is 1. The van der Waals surface area contributed by atoms with Gasteiger partial charge in [0.1, 0.15) is 0 Å². The molecule has 2 unspecified atom stereocenters. The first kappa shape index (κ1) is 14.0. The standard InChI is InChI=1S/C14H24N2OS/c1-4-11(15)13(12-6-5-9-18-12)16-7-8-17-14(2,3)10-16/h5-6,9,11,13H,4,7-8,10,15H2,1-3H3. The summed E-state index contributed by atoms with van der Waals surface area (Å²) in [7, 11) is 0. The summed E-state index contributed by atoms with van der Waals surface area (Å²) in [5, 5.41) is 2.14. The van der Waals surface area contributed by atoms with E-state index in [1.807, 2.05) is 0 Å². The van der Waals surface area contributed by atoms with E-state index in [1.165, 1.54) is 4.88 Å². The Labute approximate surface area is 114 Å². The van der Waals surface area contributed by atoms with Gasteiger partial charge in [-0.15, -0.1) is 11.3 Å². The average Bonchev–Trinajstić information content (AvgIpc) is 2.81. The molecule has 2 rings (SSSR count). The van der Waals surface area contributed by atoms with E-state index in [2.05, 4.69) is 43.2 Å². The van der Waals surface area contributed by atoms with Gasteiger partial charge in [-0.3, -0.25) is 4.90 Å². The Morgan fingerprint density at radius 1 is 1.56 bits per heavy atom. The van der Waals surface area contributed by atoms with Crippen molar-refractivity contribution in [3.63, 3.8) is 0 Å². The summed E-state index contributed by atoms with van der Waals surface area (Å²) in [5.74, 6) is 0. The molecule has 3 nitrogen and oxygen atoms in total. The number of ether oxygens (including phenoxy) is 1. The van der Waals surface area contributed by atoms with Crippen LogP contribution in [0.4, 0.5) is 0 Å². The summed E-state index contributed by atoms with van der Waals surface area (Å²) in [6.45, 7) is 9.19. The quantitative estimate of drug-likeness (QED) is 0.912. The molecular weight excluding hydrogens is 244 g/mol. The Bertz CT molecular complexity index is 364. The lowest BCUT2D eigenvalue weighted by molar-refractivity contribution is -0.0997. The van der Waals surface area contributed by atoms with E-state index in [4.69, 9.17) is 10.5 Å². The molecule has 0 spiro atoms. The number of hydrogen-bond acceptors (Lipinski definition) is 4. The predicted molar refractivity (Wildman–Crippen MR) is 76.9 cm³/mol. The van der Waals surface area contributed by atoms with Crippen molar-refractivity contribution < 1.29 is 4.74 Å². The molecule has 0 aliphatic carbocycles. The molecule has 0 bridgehead atoms. The van der Waals surface area contributed by atoms with Crippen LogP contribution in [-0.2, 0) is 4.74 Å². The minimum Gasteiger partial charge on any atom is -0.373 e. The second kappa shape index (κ2) is 5.70. The fraction of sp³-hybridized carbons (Fsp3) is 0.714. The largest absolute Gasteiger partial charge is 0.373 e. The van der Waals surface area contributed by atoms with Gasteiger partial charge in [0.15, 0.2) is 0 Å². The molecule has 2 atom stereocenters.